The van der Waals surface area contributed by atoms with E-state index < -0.39 is 0 Å². The molecule has 0 unspecified atom stereocenters. The maximum atomic E-state index is 6.09. The van der Waals surface area contributed by atoms with Crippen LogP contribution in [0.25, 0.3) is 0 Å². The first-order valence-electron chi connectivity index (χ1n) is 8.64. The molecule has 1 aromatic heterocycles. The molecule has 0 aliphatic carbocycles. The summed E-state index contributed by atoms with van der Waals surface area (Å²) in [5, 5.41) is 4.30. The molecule has 0 amide bonds. The van der Waals surface area contributed by atoms with Gasteiger partial charge in [-0.1, -0.05) is 23.7 Å². The van der Waals surface area contributed by atoms with Crippen molar-refractivity contribution < 1.29 is 0 Å². The van der Waals surface area contributed by atoms with Crippen LogP contribution in [0, 0.1) is 0 Å². The average molecular weight is 345 g/mol. The van der Waals surface area contributed by atoms with Crippen LogP contribution in [0.2, 0.25) is 5.02 Å². The first-order chi connectivity index (χ1) is 11.8. The van der Waals surface area contributed by atoms with Crippen LogP contribution < -0.4 is 10.2 Å². The lowest BCUT2D eigenvalue weighted by Gasteiger charge is -2.36. The Bertz CT molecular complexity index is 612. The van der Waals surface area contributed by atoms with Crippen molar-refractivity contribution in [2.75, 3.05) is 44.2 Å². The molecule has 1 aromatic carbocycles. The number of aromatic nitrogens is 1. The number of anilines is 1. The molecule has 1 aliphatic heterocycles. The van der Waals surface area contributed by atoms with Crippen LogP contribution in [0.15, 0.2) is 48.8 Å². The van der Waals surface area contributed by atoms with Crippen LogP contribution in [-0.2, 0) is 6.54 Å². The standard InChI is InChI=1S/C19H25ClN4/c20-18-5-1-6-19(14-18)24-12-10-23(11-13-24)9-3-8-22-16-17-4-2-7-21-15-17/h1-2,4-7,14-15,22H,3,8-13,16H2. The number of benzene rings is 1. The number of halogens is 1. The Morgan fingerprint density at radius 2 is 1.96 bits per heavy atom. The van der Waals surface area contributed by atoms with Crippen molar-refractivity contribution in [3.05, 3.63) is 59.4 Å². The number of nitrogens with one attached hydrogen (secondary N) is 1. The fourth-order valence-electron chi connectivity index (χ4n) is 3.07. The fraction of sp³-hybridized carbons (Fsp3) is 0.421. The molecule has 1 fully saturated rings. The Labute approximate surface area is 149 Å². The van der Waals surface area contributed by atoms with Gasteiger partial charge in [0, 0.05) is 55.8 Å². The van der Waals surface area contributed by atoms with Crippen LogP contribution >= 0.6 is 11.6 Å². The lowest BCUT2D eigenvalue weighted by atomic mass is 10.2. The summed E-state index contributed by atoms with van der Waals surface area (Å²) in [6.07, 6.45) is 4.91. The largest absolute Gasteiger partial charge is 0.369 e. The monoisotopic (exact) mass is 344 g/mol. The van der Waals surface area contributed by atoms with E-state index in [4.69, 9.17) is 11.6 Å². The summed E-state index contributed by atoms with van der Waals surface area (Å²) in [5.41, 5.74) is 2.48. The number of nitrogens with zero attached hydrogens (tertiary/aromatic N) is 3. The van der Waals surface area contributed by atoms with Gasteiger partial charge in [-0.05, 0) is 49.3 Å². The van der Waals surface area contributed by atoms with Gasteiger partial charge in [0.2, 0.25) is 0 Å². The van der Waals surface area contributed by atoms with E-state index in [1.165, 1.54) is 17.7 Å². The van der Waals surface area contributed by atoms with E-state index in [2.05, 4.69) is 38.3 Å². The van der Waals surface area contributed by atoms with Gasteiger partial charge in [-0.2, -0.15) is 0 Å². The van der Waals surface area contributed by atoms with Gasteiger partial charge < -0.3 is 10.2 Å². The predicted molar refractivity (Wildman–Crippen MR) is 101 cm³/mol. The minimum Gasteiger partial charge on any atom is -0.369 e. The molecule has 0 radical (unpaired) electrons. The van der Waals surface area contributed by atoms with Gasteiger partial charge in [0.05, 0.1) is 0 Å². The molecule has 0 spiro atoms. The number of rotatable bonds is 7. The molecule has 1 saturated heterocycles. The van der Waals surface area contributed by atoms with Gasteiger partial charge in [-0.3, -0.25) is 9.88 Å². The summed E-state index contributed by atoms with van der Waals surface area (Å²) in [7, 11) is 0. The summed E-state index contributed by atoms with van der Waals surface area (Å²) in [6.45, 7) is 7.49. The molecule has 1 aliphatic rings. The van der Waals surface area contributed by atoms with E-state index in [9.17, 15) is 0 Å². The van der Waals surface area contributed by atoms with Crippen LogP contribution in [0.3, 0.4) is 0 Å². The molecular formula is C19H25ClN4. The number of piperazine rings is 1. The summed E-state index contributed by atoms with van der Waals surface area (Å²) in [6, 6.07) is 12.2. The van der Waals surface area contributed by atoms with Gasteiger partial charge >= 0.3 is 0 Å². The van der Waals surface area contributed by atoms with Crippen molar-refractivity contribution in [2.24, 2.45) is 0 Å². The van der Waals surface area contributed by atoms with Crippen molar-refractivity contribution in [2.45, 2.75) is 13.0 Å². The number of hydrogen-bond donors (Lipinski definition) is 1. The van der Waals surface area contributed by atoms with E-state index in [1.54, 1.807) is 0 Å². The zero-order valence-corrected chi connectivity index (χ0v) is 14.8. The molecule has 2 aromatic rings. The van der Waals surface area contributed by atoms with Gasteiger partial charge in [0.15, 0.2) is 0 Å². The quantitative estimate of drug-likeness (QED) is 0.782. The van der Waals surface area contributed by atoms with Gasteiger partial charge in [-0.25, -0.2) is 0 Å². The number of hydrogen-bond acceptors (Lipinski definition) is 4. The Balaban J connectivity index is 1.31. The van der Waals surface area contributed by atoms with Crippen LogP contribution in [0.5, 0.6) is 0 Å². The Kier molecular flexibility index (Phi) is 6.47. The minimum absolute atomic E-state index is 0.814. The second kappa shape index (κ2) is 9.02. The Morgan fingerprint density at radius 1 is 1.08 bits per heavy atom. The Hall–Kier alpha value is -1.62. The van der Waals surface area contributed by atoms with E-state index in [0.29, 0.717) is 0 Å². The normalized spacial score (nSPS) is 15.6. The molecule has 2 heterocycles. The highest BCUT2D eigenvalue weighted by molar-refractivity contribution is 6.30. The molecule has 0 saturated carbocycles. The predicted octanol–water partition coefficient (Wildman–Crippen LogP) is 3.04. The third-order valence-electron chi connectivity index (χ3n) is 4.43. The minimum atomic E-state index is 0.814. The van der Waals surface area contributed by atoms with Crippen molar-refractivity contribution in [3.63, 3.8) is 0 Å². The second-order valence-corrected chi connectivity index (χ2v) is 6.64. The van der Waals surface area contributed by atoms with Crippen molar-refractivity contribution in [1.82, 2.24) is 15.2 Å². The summed E-state index contributed by atoms with van der Waals surface area (Å²) < 4.78 is 0. The molecule has 0 atom stereocenters. The average Bonchev–Trinajstić information content (AvgIpc) is 2.63. The fourth-order valence-corrected chi connectivity index (χ4v) is 3.25. The van der Waals surface area contributed by atoms with Gasteiger partial charge in [-0.15, -0.1) is 0 Å². The first-order valence-corrected chi connectivity index (χ1v) is 9.01. The molecule has 5 heteroatoms. The summed E-state index contributed by atoms with van der Waals surface area (Å²) in [4.78, 5) is 9.10. The third-order valence-corrected chi connectivity index (χ3v) is 4.66. The molecule has 1 N–H and O–H groups in total. The molecule has 24 heavy (non-hydrogen) atoms. The van der Waals surface area contributed by atoms with E-state index in [-0.39, 0.29) is 0 Å². The zero-order chi connectivity index (χ0) is 16.6. The lowest BCUT2D eigenvalue weighted by molar-refractivity contribution is 0.254. The molecule has 3 rings (SSSR count). The summed E-state index contributed by atoms with van der Waals surface area (Å²) in [5.74, 6) is 0. The van der Waals surface area contributed by atoms with Gasteiger partial charge in [0.1, 0.15) is 0 Å². The molecule has 128 valence electrons. The van der Waals surface area contributed by atoms with Crippen molar-refractivity contribution >= 4 is 17.3 Å². The first kappa shape index (κ1) is 17.2. The smallest absolute Gasteiger partial charge is 0.0426 e. The van der Waals surface area contributed by atoms with Gasteiger partial charge in [0.25, 0.3) is 0 Å². The number of pyridine rings is 1. The lowest BCUT2D eigenvalue weighted by Crippen LogP contribution is -2.47. The van der Waals surface area contributed by atoms with Crippen LogP contribution in [-0.4, -0.2) is 49.2 Å². The Morgan fingerprint density at radius 3 is 2.71 bits per heavy atom. The topological polar surface area (TPSA) is 31.4 Å². The second-order valence-electron chi connectivity index (χ2n) is 6.20. The maximum Gasteiger partial charge on any atom is 0.0426 e. The highest BCUT2D eigenvalue weighted by Gasteiger charge is 2.16. The van der Waals surface area contributed by atoms with E-state index in [1.807, 2.05) is 30.6 Å². The maximum absolute atomic E-state index is 6.09. The highest BCUT2D eigenvalue weighted by atomic mass is 35.5. The van der Waals surface area contributed by atoms with E-state index in [0.717, 1.165) is 50.8 Å². The summed E-state index contributed by atoms with van der Waals surface area (Å²) >= 11 is 6.09. The van der Waals surface area contributed by atoms with E-state index >= 15 is 0 Å². The molecule has 4 nitrogen and oxygen atoms in total. The molecular weight excluding hydrogens is 320 g/mol. The van der Waals surface area contributed by atoms with Crippen molar-refractivity contribution in [3.8, 4) is 0 Å². The van der Waals surface area contributed by atoms with Crippen molar-refractivity contribution in [1.29, 1.82) is 0 Å². The zero-order valence-electron chi connectivity index (χ0n) is 14.0. The highest BCUT2D eigenvalue weighted by Crippen LogP contribution is 2.20. The van der Waals surface area contributed by atoms with Crippen LogP contribution in [0.4, 0.5) is 5.69 Å². The van der Waals surface area contributed by atoms with Crippen LogP contribution in [0.1, 0.15) is 12.0 Å². The molecule has 0 bridgehead atoms. The SMILES string of the molecule is Clc1cccc(N2CCN(CCCNCc3cccnc3)CC2)c1. The third kappa shape index (κ3) is 5.20.